The fourth-order valence-corrected chi connectivity index (χ4v) is 4.20. The van der Waals surface area contributed by atoms with Gasteiger partial charge in [-0.2, -0.15) is 0 Å². The molecule has 1 aliphatic heterocycles. The third-order valence-corrected chi connectivity index (χ3v) is 5.76. The number of hydrogen-bond acceptors (Lipinski definition) is 3. The highest BCUT2D eigenvalue weighted by atomic mass is 15.0. The van der Waals surface area contributed by atoms with Gasteiger partial charge >= 0.3 is 0 Å². The zero-order valence-corrected chi connectivity index (χ0v) is 18.1. The molecule has 2 aromatic heterocycles. The number of hydrogen-bond donors (Lipinski definition) is 2. The van der Waals surface area contributed by atoms with E-state index in [2.05, 4.69) is 82.5 Å². The van der Waals surface area contributed by atoms with E-state index in [4.69, 9.17) is 5.73 Å². The van der Waals surface area contributed by atoms with Crippen LogP contribution < -0.4 is 11.1 Å². The standard InChI is InChI=1S/C28H26N4/c1-20-12-15-28-24(18-20)23-9-2-3-11-27(23)32(28)22(14-13-21-8-4-6-16-30-21)19-25(29)26-10-5-7-17-31-26/h2-12,14-16,18-19,31H,13,17,29H2,1H3/b22-14+,25-19-. The van der Waals surface area contributed by atoms with Crippen LogP contribution in [0.1, 0.15) is 11.3 Å². The summed E-state index contributed by atoms with van der Waals surface area (Å²) in [7, 11) is 0. The van der Waals surface area contributed by atoms with Crippen LogP contribution in [-0.2, 0) is 6.42 Å². The Balaban J connectivity index is 1.72. The molecule has 3 heterocycles. The van der Waals surface area contributed by atoms with Crippen molar-refractivity contribution < 1.29 is 0 Å². The number of aromatic nitrogens is 2. The summed E-state index contributed by atoms with van der Waals surface area (Å²) in [5, 5.41) is 5.84. The molecule has 0 spiro atoms. The molecule has 0 atom stereocenters. The summed E-state index contributed by atoms with van der Waals surface area (Å²) >= 11 is 0. The molecule has 0 saturated heterocycles. The molecule has 0 saturated carbocycles. The van der Waals surface area contributed by atoms with Gasteiger partial charge in [-0.1, -0.05) is 54.1 Å². The molecule has 0 amide bonds. The monoisotopic (exact) mass is 418 g/mol. The molecule has 2 aromatic carbocycles. The summed E-state index contributed by atoms with van der Waals surface area (Å²) in [4.78, 5) is 4.50. The summed E-state index contributed by atoms with van der Waals surface area (Å²) in [5.41, 5.74) is 13.8. The lowest BCUT2D eigenvalue weighted by Crippen LogP contribution is -2.21. The van der Waals surface area contributed by atoms with Crippen molar-refractivity contribution >= 4 is 27.5 Å². The lowest BCUT2D eigenvalue weighted by atomic mass is 10.1. The van der Waals surface area contributed by atoms with E-state index >= 15 is 0 Å². The van der Waals surface area contributed by atoms with Crippen LogP contribution in [0.4, 0.5) is 0 Å². The Morgan fingerprint density at radius 1 is 1.06 bits per heavy atom. The Morgan fingerprint density at radius 3 is 2.72 bits per heavy atom. The second kappa shape index (κ2) is 8.60. The summed E-state index contributed by atoms with van der Waals surface area (Å²) in [6.45, 7) is 2.91. The van der Waals surface area contributed by atoms with Gasteiger partial charge in [0.05, 0.1) is 22.4 Å². The van der Waals surface area contributed by atoms with E-state index in [1.807, 2.05) is 36.5 Å². The molecular weight excluding hydrogens is 392 g/mol. The maximum atomic E-state index is 6.56. The van der Waals surface area contributed by atoms with Gasteiger partial charge in [-0.3, -0.25) is 4.98 Å². The Hall–Kier alpha value is -4.05. The first-order valence-electron chi connectivity index (χ1n) is 10.9. The smallest absolute Gasteiger partial charge is 0.0577 e. The van der Waals surface area contributed by atoms with Crippen molar-refractivity contribution in [2.24, 2.45) is 5.73 Å². The number of dihydropyridines is 1. The zero-order chi connectivity index (χ0) is 21.9. The average molecular weight is 419 g/mol. The second-order valence-corrected chi connectivity index (χ2v) is 8.02. The van der Waals surface area contributed by atoms with E-state index in [-0.39, 0.29) is 0 Å². The van der Waals surface area contributed by atoms with Gasteiger partial charge in [0, 0.05) is 41.3 Å². The third kappa shape index (κ3) is 3.83. The Kier molecular flexibility index (Phi) is 5.34. The second-order valence-electron chi connectivity index (χ2n) is 8.02. The van der Waals surface area contributed by atoms with Crippen molar-refractivity contribution in [1.82, 2.24) is 14.9 Å². The number of pyridine rings is 1. The van der Waals surface area contributed by atoms with Crippen molar-refractivity contribution in [3.8, 4) is 0 Å². The summed E-state index contributed by atoms with van der Waals surface area (Å²) in [6.07, 6.45) is 12.9. The zero-order valence-electron chi connectivity index (χ0n) is 18.1. The highest BCUT2D eigenvalue weighted by Gasteiger charge is 2.14. The molecule has 5 rings (SSSR count). The van der Waals surface area contributed by atoms with Crippen molar-refractivity contribution in [3.05, 3.63) is 120 Å². The first kappa shape index (κ1) is 19.9. The molecule has 0 aliphatic carbocycles. The van der Waals surface area contributed by atoms with Crippen LogP contribution in [0.15, 0.2) is 109 Å². The van der Waals surface area contributed by atoms with E-state index in [1.165, 1.54) is 21.9 Å². The number of nitrogens with two attached hydrogens (primary N) is 1. The number of fused-ring (bicyclic) bond motifs is 3. The lowest BCUT2D eigenvalue weighted by Gasteiger charge is -2.15. The number of rotatable bonds is 5. The lowest BCUT2D eigenvalue weighted by molar-refractivity contribution is 0.894. The molecule has 158 valence electrons. The maximum Gasteiger partial charge on any atom is 0.0577 e. The fraction of sp³-hybridized carbons (Fsp3) is 0.107. The van der Waals surface area contributed by atoms with Gasteiger partial charge in [0.2, 0.25) is 0 Å². The minimum Gasteiger partial charge on any atom is -0.397 e. The van der Waals surface area contributed by atoms with Gasteiger partial charge in [-0.25, -0.2) is 0 Å². The first-order chi connectivity index (χ1) is 15.7. The largest absolute Gasteiger partial charge is 0.397 e. The van der Waals surface area contributed by atoms with Gasteiger partial charge < -0.3 is 15.6 Å². The highest BCUT2D eigenvalue weighted by molar-refractivity contribution is 6.10. The van der Waals surface area contributed by atoms with Gasteiger partial charge in [0.1, 0.15) is 0 Å². The maximum absolute atomic E-state index is 6.56. The topological polar surface area (TPSA) is 55.9 Å². The minimum absolute atomic E-state index is 0.708. The van der Waals surface area contributed by atoms with E-state index in [0.717, 1.165) is 29.1 Å². The summed E-state index contributed by atoms with van der Waals surface area (Å²) < 4.78 is 2.30. The van der Waals surface area contributed by atoms with E-state index < -0.39 is 0 Å². The molecule has 0 unspecified atom stereocenters. The number of allylic oxidation sites excluding steroid dienone is 5. The summed E-state index contributed by atoms with van der Waals surface area (Å²) in [6, 6.07) is 21.2. The normalized spacial score (nSPS) is 14.6. The molecule has 0 radical (unpaired) electrons. The van der Waals surface area contributed by atoms with Gasteiger partial charge in [0.25, 0.3) is 0 Å². The van der Waals surface area contributed by atoms with Crippen LogP contribution in [0.2, 0.25) is 0 Å². The van der Waals surface area contributed by atoms with Crippen molar-refractivity contribution in [3.63, 3.8) is 0 Å². The number of nitrogens with zero attached hydrogens (tertiary/aromatic N) is 2. The molecule has 4 aromatic rings. The molecular formula is C28H26N4. The number of benzene rings is 2. The van der Waals surface area contributed by atoms with Crippen molar-refractivity contribution in [2.75, 3.05) is 6.54 Å². The highest BCUT2D eigenvalue weighted by Crippen LogP contribution is 2.33. The molecule has 4 heteroatoms. The minimum atomic E-state index is 0.708. The van der Waals surface area contributed by atoms with Crippen LogP contribution >= 0.6 is 0 Å². The average Bonchev–Trinajstić information content (AvgIpc) is 3.16. The molecule has 3 N–H and O–H groups in total. The number of para-hydroxylation sites is 1. The van der Waals surface area contributed by atoms with E-state index in [0.29, 0.717) is 12.1 Å². The van der Waals surface area contributed by atoms with Crippen LogP contribution in [0.5, 0.6) is 0 Å². The van der Waals surface area contributed by atoms with Crippen LogP contribution in [0, 0.1) is 6.92 Å². The molecule has 1 aliphatic rings. The van der Waals surface area contributed by atoms with Gasteiger partial charge in [-0.05, 0) is 49.4 Å². The van der Waals surface area contributed by atoms with Crippen LogP contribution in [0.3, 0.4) is 0 Å². The Labute approximate surface area is 188 Å². The number of nitrogens with one attached hydrogen (secondary N) is 1. The molecule has 0 fully saturated rings. The molecule has 0 bridgehead atoms. The molecule has 32 heavy (non-hydrogen) atoms. The summed E-state index contributed by atoms with van der Waals surface area (Å²) in [5.74, 6) is 0. The SMILES string of the molecule is Cc1ccc2c(c1)c1ccccc1n2C(/C=C(\N)C1=CC=CCN1)=C/Cc1ccccn1. The first-order valence-corrected chi connectivity index (χ1v) is 10.9. The van der Waals surface area contributed by atoms with Gasteiger partial charge in [0.15, 0.2) is 0 Å². The predicted octanol–water partition coefficient (Wildman–Crippen LogP) is 5.47. The van der Waals surface area contributed by atoms with Crippen LogP contribution in [0.25, 0.3) is 27.5 Å². The van der Waals surface area contributed by atoms with Crippen molar-refractivity contribution in [2.45, 2.75) is 13.3 Å². The third-order valence-electron chi connectivity index (χ3n) is 5.76. The Bertz CT molecular complexity index is 1400. The molecule has 4 nitrogen and oxygen atoms in total. The van der Waals surface area contributed by atoms with E-state index in [9.17, 15) is 0 Å². The van der Waals surface area contributed by atoms with Crippen molar-refractivity contribution in [1.29, 1.82) is 0 Å². The van der Waals surface area contributed by atoms with Crippen LogP contribution in [-0.4, -0.2) is 16.1 Å². The van der Waals surface area contributed by atoms with Gasteiger partial charge in [-0.15, -0.1) is 0 Å². The fourth-order valence-electron chi connectivity index (χ4n) is 4.20. The quantitative estimate of drug-likeness (QED) is 0.423. The number of aryl methyl sites for hydroxylation is 1. The predicted molar refractivity (Wildman–Crippen MR) is 134 cm³/mol. The Morgan fingerprint density at radius 2 is 1.91 bits per heavy atom. The van der Waals surface area contributed by atoms with E-state index in [1.54, 1.807) is 0 Å².